The minimum absolute atomic E-state index is 0.0892. The highest BCUT2D eigenvalue weighted by Crippen LogP contribution is 2.49. The second-order valence-corrected chi connectivity index (χ2v) is 18.3. The molecular formula is C45H72O6. The zero-order valence-electron chi connectivity index (χ0n) is 35.2. The SMILES string of the molecule is CCC(C)(C)c1cc(C(C)(C)c2cc(C(C)(C)CC)c(OCC(OC)C3CO3)c(C(C)(C)CC)c2)cc(C(C)(C)CC)c1OCC(OC)C1CO1. The minimum Gasteiger partial charge on any atom is -0.490 e. The van der Waals surface area contributed by atoms with Crippen LogP contribution in [-0.2, 0) is 46.0 Å². The molecule has 2 fully saturated rings. The summed E-state index contributed by atoms with van der Waals surface area (Å²) in [5.74, 6) is 2.01. The van der Waals surface area contributed by atoms with Crippen molar-refractivity contribution in [2.75, 3.05) is 40.6 Å². The second kappa shape index (κ2) is 15.7. The smallest absolute Gasteiger partial charge is 0.126 e. The molecule has 4 rings (SSSR count). The van der Waals surface area contributed by atoms with Crippen molar-refractivity contribution in [2.45, 2.75) is 174 Å². The molecule has 4 unspecified atom stereocenters. The Hall–Kier alpha value is -2.12. The van der Waals surface area contributed by atoms with Crippen molar-refractivity contribution < 1.29 is 28.4 Å². The van der Waals surface area contributed by atoms with Crippen molar-refractivity contribution in [1.82, 2.24) is 0 Å². The molecule has 2 aromatic rings. The predicted octanol–water partition coefficient (Wildman–Crippen LogP) is 10.3. The van der Waals surface area contributed by atoms with Gasteiger partial charge < -0.3 is 28.4 Å². The monoisotopic (exact) mass is 709 g/mol. The Morgan fingerprint density at radius 2 is 0.784 bits per heavy atom. The summed E-state index contributed by atoms with van der Waals surface area (Å²) >= 11 is 0. The van der Waals surface area contributed by atoms with Gasteiger partial charge in [0.2, 0.25) is 0 Å². The highest BCUT2D eigenvalue weighted by atomic mass is 16.6. The van der Waals surface area contributed by atoms with E-state index in [0.29, 0.717) is 13.2 Å². The number of ether oxygens (including phenoxy) is 6. The Morgan fingerprint density at radius 3 is 0.980 bits per heavy atom. The molecule has 6 nitrogen and oxygen atoms in total. The van der Waals surface area contributed by atoms with E-state index >= 15 is 0 Å². The van der Waals surface area contributed by atoms with Crippen LogP contribution in [0.5, 0.6) is 11.5 Å². The Kier molecular flexibility index (Phi) is 12.8. The maximum atomic E-state index is 6.88. The summed E-state index contributed by atoms with van der Waals surface area (Å²) < 4.78 is 36.6. The van der Waals surface area contributed by atoms with Crippen molar-refractivity contribution in [2.24, 2.45) is 0 Å². The van der Waals surface area contributed by atoms with E-state index in [1.54, 1.807) is 14.2 Å². The summed E-state index contributed by atoms with van der Waals surface area (Å²) in [6.07, 6.45) is 3.99. The van der Waals surface area contributed by atoms with E-state index < -0.39 is 0 Å². The maximum absolute atomic E-state index is 6.88. The van der Waals surface area contributed by atoms with Gasteiger partial charge in [0.15, 0.2) is 0 Å². The van der Waals surface area contributed by atoms with E-state index in [1.807, 2.05) is 0 Å². The third kappa shape index (κ3) is 8.99. The molecule has 2 aliphatic heterocycles. The van der Waals surface area contributed by atoms with Gasteiger partial charge in [-0.25, -0.2) is 0 Å². The lowest BCUT2D eigenvalue weighted by atomic mass is 9.68. The molecular weight excluding hydrogens is 636 g/mol. The molecule has 0 aliphatic carbocycles. The Bertz CT molecular complexity index is 1290. The molecule has 6 heteroatoms. The van der Waals surface area contributed by atoms with Crippen molar-refractivity contribution in [3.8, 4) is 11.5 Å². The number of hydrogen-bond donors (Lipinski definition) is 0. The van der Waals surface area contributed by atoms with Gasteiger partial charge in [0, 0.05) is 41.9 Å². The largest absolute Gasteiger partial charge is 0.490 e. The van der Waals surface area contributed by atoms with Crippen molar-refractivity contribution in [3.05, 3.63) is 57.6 Å². The molecule has 0 aromatic heterocycles. The van der Waals surface area contributed by atoms with E-state index in [4.69, 9.17) is 28.4 Å². The van der Waals surface area contributed by atoms with Crippen molar-refractivity contribution >= 4 is 0 Å². The first kappa shape index (κ1) is 41.6. The number of hydrogen-bond acceptors (Lipinski definition) is 6. The third-order valence-corrected chi connectivity index (χ3v) is 13.0. The minimum atomic E-state index is -0.320. The van der Waals surface area contributed by atoms with Crippen LogP contribution in [0.1, 0.15) is 156 Å². The fraction of sp³-hybridized carbons (Fsp3) is 0.733. The number of rotatable bonds is 20. The van der Waals surface area contributed by atoms with Crippen molar-refractivity contribution in [1.29, 1.82) is 0 Å². The number of epoxide rings is 2. The van der Waals surface area contributed by atoms with Gasteiger partial charge >= 0.3 is 0 Å². The molecule has 0 spiro atoms. The van der Waals surface area contributed by atoms with Gasteiger partial charge in [-0.15, -0.1) is 0 Å². The van der Waals surface area contributed by atoms with Gasteiger partial charge in [0.1, 0.15) is 49.1 Å². The summed E-state index contributed by atoms with van der Waals surface area (Å²) in [6.45, 7) is 35.1. The number of benzene rings is 2. The summed E-state index contributed by atoms with van der Waals surface area (Å²) in [6, 6.07) is 9.79. The molecule has 0 amide bonds. The Balaban J connectivity index is 1.97. The number of methoxy groups -OCH3 is 2. The van der Waals surface area contributed by atoms with Gasteiger partial charge in [-0.3, -0.25) is 0 Å². The van der Waals surface area contributed by atoms with Crippen LogP contribution in [0, 0.1) is 0 Å². The molecule has 0 N–H and O–H groups in total. The molecule has 0 saturated carbocycles. The fourth-order valence-corrected chi connectivity index (χ4v) is 6.76. The first-order valence-corrected chi connectivity index (χ1v) is 19.7. The van der Waals surface area contributed by atoms with Crippen LogP contribution < -0.4 is 9.47 Å². The van der Waals surface area contributed by atoms with E-state index in [-0.39, 0.29) is 51.5 Å². The molecule has 2 saturated heterocycles. The fourth-order valence-electron chi connectivity index (χ4n) is 6.76. The topological polar surface area (TPSA) is 62.0 Å². The maximum Gasteiger partial charge on any atom is 0.126 e. The summed E-state index contributed by atoms with van der Waals surface area (Å²) in [5.41, 5.74) is 6.89. The Labute approximate surface area is 311 Å². The van der Waals surface area contributed by atoms with E-state index in [9.17, 15) is 0 Å². The first-order valence-electron chi connectivity index (χ1n) is 19.7. The van der Waals surface area contributed by atoms with E-state index in [2.05, 4.69) is 121 Å². The Morgan fingerprint density at radius 1 is 0.529 bits per heavy atom. The van der Waals surface area contributed by atoms with Gasteiger partial charge in [-0.05, 0) is 58.5 Å². The molecule has 0 radical (unpaired) electrons. The van der Waals surface area contributed by atoms with Crippen LogP contribution in [0.15, 0.2) is 24.3 Å². The van der Waals surface area contributed by atoms with Gasteiger partial charge in [0.05, 0.1) is 13.2 Å². The average Bonchev–Trinajstić information content (AvgIpc) is 4.04. The molecule has 2 heterocycles. The lowest BCUT2D eigenvalue weighted by Crippen LogP contribution is -2.31. The quantitative estimate of drug-likeness (QED) is 0.128. The highest BCUT2D eigenvalue weighted by molar-refractivity contribution is 5.58. The normalized spacial score (nSPS) is 19.5. The predicted molar refractivity (Wildman–Crippen MR) is 210 cm³/mol. The summed E-state index contributed by atoms with van der Waals surface area (Å²) in [5, 5.41) is 0. The highest BCUT2D eigenvalue weighted by Gasteiger charge is 2.40. The van der Waals surface area contributed by atoms with E-state index in [1.165, 1.54) is 33.4 Å². The summed E-state index contributed by atoms with van der Waals surface area (Å²) in [7, 11) is 3.51. The molecule has 0 bridgehead atoms. The molecule has 4 atom stereocenters. The average molecular weight is 709 g/mol. The van der Waals surface area contributed by atoms with Crippen LogP contribution in [0.4, 0.5) is 0 Å². The first-order chi connectivity index (χ1) is 23.7. The molecule has 2 aromatic carbocycles. The molecule has 288 valence electrons. The lowest BCUT2D eigenvalue weighted by Gasteiger charge is -2.38. The van der Waals surface area contributed by atoms with Crippen LogP contribution in [0.3, 0.4) is 0 Å². The zero-order chi connectivity index (χ0) is 38.2. The van der Waals surface area contributed by atoms with Crippen LogP contribution in [0.2, 0.25) is 0 Å². The van der Waals surface area contributed by atoms with Gasteiger partial charge in [-0.2, -0.15) is 0 Å². The van der Waals surface area contributed by atoms with Crippen LogP contribution in [-0.4, -0.2) is 65.1 Å². The van der Waals surface area contributed by atoms with Gasteiger partial charge in [0.25, 0.3) is 0 Å². The van der Waals surface area contributed by atoms with Gasteiger partial charge in [-0.1, -0.05) is 121 Å². The third-order valence-electron chi connectivity index (χ3n) is 13.0. The molecule has 2 aliphatic rings. The van der Waals surface area contributed by atoms with E-state index in [0.717, 1.165) is 50.4 Å². The second-order valence-electron chi connectivity index (χ2n) is 18.3. The van der Waals surface area contributed by atoms with Crippen molar-refractivity contribution in [3.63, 3.8) is 0 Å². The zero-order valence-corrected chi connectivity index (χ0v) is 35.2. The standard InChI is InChI=1S/C45H72O6/c1-17-41(5,6)31-21-29(22-32(42(7,8)18-2)39(31)50-25-35(46-15)37-27-48-37)45(13,14)30-23-33(43(9,10)19-3)40(34(24-30)44(11,12)20-4)51-26-36(47-16)38-28-49-38/h21-24,35-38H,17-20,25-28H2,1-16H3. The van der Waals surface area contributed by atoms with Crippen LogP contribution >= 0.6 is 0 Å². The molecule has 51 heavy (non-hydrogen) atoms. The summed E-state index contributed by atoms with van der Waals surface area (Å²) in [4.78, 5) is 0. The van der Waals surface area contributed by atoms with Crippen LogP contribution in [0.25, 0.3) is 0 Å². The lowest BCUT2D eigenvalue weighted by molar-refractivity contribution is 0.0361.